The van der Waals surface area contributed by atoms with E-state index in [9.17, 15) is 9.90 Å². The van der Waals surface area contributed by atoms with Crippen molar-refractivity contribution in [2.75, 3.05) is 0 Å². The summed E-state index contributed by atoms with van der Waals surface area (Å²) in [6, 6.07) is 0. The highest BCUT2D eigenvalue weighted by molar-refractivity contribution is 5.80. The Hall–Kier alpha value is -0.370. The van der Waals surface area contributed by atoms with Gasteiger partial charge >= 0.3 is 0 Å². The molecule has 2 rings (SSSR count). The van der Waals surface area contributed by atoms with Gasteiger partial charge < -0.3 is 5.11 Å². The van der Waals surface area contributed by atoms with Gasteiger partial charge in [-0.25, -0.2) is 0 Å². The van der Waals surface area contributed by atoms with Gasteiger partial charge in [0.1, 0.15) is 5.78 Å². The second kappa shape index (κ2) is 3.06. The lowest BCUT2D eigenvalue weighted by Gasteiger charge is -2.55. The lowest BCUT2D eigenvalue weighted by molar-refractivity contribution is -0.147. The van der Waals surface area contributed by atoms with Crippen molar-refractivity contribution in [3.8, 4) is 0 Å². The van der Waals surface area contributed by atoms with Gasteiger partial charge in [-0.3, -0.25) is 4.79 Å². The number of Topliss-reactive ketones (excluding diaryl/α,β-unsaturated/α-hetero) is 1. The monoisotopic (exact) mass is 196 g/mol. The first-order chi connectivity index (χ1) is 6.48. The Morgan fingerprint density at radius 2 is 2.07 bits per heavy atom. The molecular formula is C12H20O2. The fraction of sp³-hybridized carbons (Fsp3) is 0.917. The summed E-state index contributed by atoms with van der Waals surface area (Å²) in [5.41, 5.74) is 0.0408. The zero-order valence-electron chi connectivity index (χ0n) is 9.18. The molecule has 2 fully saturated rings. The number of carbonyl (C=O) groups is 1. The maximum Gasteiger partial charge on any atom is 0.133 e. The average molecular weight is 196 g/mol. The second-order valence-corrected chi connectivity index (χ2v) is 5.60. The van der Waals surface area contributed by atoms with E-state index in [-0.39, 0.29) is 16.9 Å². The molecule has 0 heterocycles. The molecule has 0 aromatic rings. The number of aliphatic hydroxyl groups is 1. The van der Waals surface area contributed by atoms with Crippen molar-refractivity contribution in [2.45, 2.75) is 58.5 Å². The van der Waals surface area contributed by atoms with Crippen LogP contribution in [0.15, 0.2) is 0 Å². The van der Waals surface area contributed by atoms with Crippen LogP contribution in [0.25, 0.3) is 0 Å². The molecule has 2 aliphatic carbocycles. The number of rotatable bonds is 0. The number of hydrogen-bond acceptors (Lipinski definition) is 2. The molecule has 2 saturated carbocycles. The largest absolute Gasteiger partial charge is 0.393 e. The highest BCUT2D eigenvalue weighted by Gasteiger charge is 2.53. The lowest BCUT2D eigenvalue weighted by atomic mass is 9.50. The molecule has 1 N–H and O–H groups in total. The smallest absolute Gasteiger partial charge is 0.133 e. The predicted octanol–water partition coefficient (Wildman–Crippen LogP) is 2.30. The highest BCUT2D eigenvalue weighted by Crippen LogP contribution is 2.57. The van der Waals surface area contributed by atoms with E-state index in [4.69, 9.17) is 0 Å². The first kappa shape index (κ1) is 10.2. The molecule has 0 aliphatic heterocycles. The predicted molar refractivity (Wildman–Crippen MR) is 54.9 cm³/mol. The lowest BCUT2D eigenvalue weighted by Crippen LogP contribution is -2.53. The third-order valence-corrected chi connectivity index (χ3v) is 4.83. The first-order valence-corrected chi connectivity index (χ1v) is 5.68. The standard InChI is InChI=1S/C12H20O2/c1-11-6-3-4-10(14)12(11,2)7-5-9(13)8-11/h10,14H,3-8H2,1-2H3. The van der Waals surface area contributed by atoms with Crippen molar-refractivity contribution >= 4 is 5.78 Å². The molecule has 14 heavy (non-hydrogen) atoms. The number of aliphatic hydroxyl groups excluding tert-OH is 1. The third-order valence-electron chi connectivity index (χ3n) is 4.83. The van der Waals surface area contributed by atoms with Gasteiger partial charge in [-0.05, 0) is 30.1 Å². The van der Waals surface area contributed by atoms with E-state index in [0.717, 1.165) is 25.7 Å². The number of ketones is 1. The Kier molecular flexibility index (Phi) is 2.22. The van der Waals surface area contributed by atoms with Crippen molar-refractivity contribution in [3.63, 3.8) is 0 Å². The molecule has 2 aliphatic rings. The first-order valence-electron chi connectivity index (χ1n) is 5.68. The van der Waals surface area contributed by atoms with Gasteiger partial charge in [0, 0.05) is 12.8 Å². The van der Waals surface area contributed by atoms with Gasteiger partial charge in [0.15, 0.2) is 0 Å². The van der Waals surface area contributed by atoms with E-state index in [1.54, 1.807) is 0 Å². The molecule has 0 saturated heterocycles. The molecule has 0 aromatic heterocycles. The van der Waals surface area contributed by atoms with Gasteiger partial charge in [-0.2, -0.15) is 0 Å². The van der Waals surface area contributed by atoms with Crippen LogP contribution in [0, 0.1) is 10.8 Å². The van der Waals surface area contributed by atoms with Crippen LogP contribution < -0.4 is 0 Å². The molecule has 0 spiro atoms. The molecular weight excluding hydrogens is 176 g/mol. The molecule has 3 unspecified atom stereocenters. The SMILES string of the molecule is CC12CCCC(O)C1(C)CCC(=O)C2. The fourth-order valence-electron chi connectivity index (χ4n) is 3.37. The number of hydrogen-bond donors (Lipinski definition) is 1. The summed E-state index contributed by atoms with van der Waals surface area (Å²) in [5, 5.41) is 10.1. The van der Waals surface area contributed by atoms with Crippen molar-refractivity contribution < 1.29 is 9.90 Å². The second-order valence-electron chi connectivity index (χ2n) is 5.60. The van der Waals surface area contributed by atoms with Gasteiger partial charge in [-0.1, -0.05) is 20.3 Å². The molecule has 2 heteroatoms. The molecule has 3 atom stereocenters. The van der Waals surface area contributed by atoms with Crippen LogP contribution in [0.2, 0.25) is 0 Å². The quantitative estimate of drug-likeness (QED) is 0.645. The molecule has 2 nitrogen and oxygen atoms in total. The molecule has 0 amide bonds. The minimum absolute atomic E-state index is 0.0147. The zero-order chi connectivity index (χ0) is 10.4. The Bertz CT molecular complexity index is 261. The van der Waals surface area contributed by atoms with Crippen LogP contribution in [0.1, 0.15) is 52.4 Å². The summed E-state index contributed by atoms with van der Waals surface area (Å²) in [6.45, 7) is 4.36. The van der Waals surface area contributed by atoms with E-state index < -0.39 is 0 Å². The van der Waals surface area contributed by atoms with Crippen LogP contribution in [0.5, 0.6) is 0 Å². The van der Waals surface area contributed by atoms with E-state index >= 15 is 0 Å². The minimum atomic E-state index is -0.200. The van der Waals surface area contributed by atoms with Crippen LogP contribution in [0.4, 0.5) is 0 Å². The van der Waals surface area contributed by atoms with Crippen LogP contribution in [-0.2, 0) is 4.79 Å². The van der Waals surface area contributed by atoms with Crippen molar-refractivity contribution in [1.82, 2.24) is 0 Å². The number of carbonyl (C=O) groups excluding carboxylic acids is 1. The maximum atomic E-state index is 11.5. The summed E-state index contributed by atoms with van der Waals surface area (Å²) in [6.07, 6.45) is 5.12. The van der Waals surface area contributed by atoms with Crippen molar-refractivity contribution in [1.29, 1.82) is 0 Å². The van der Waals surface area contributed by atoms with Crippen molar-refractivity contribution in [2.24, 2.45) is 10.8 Å². The summed E-state index contributed by atoms with van der Waals surface area (Å²) >= 11 is 0. The topological polar surface area (TPSA) is 37.3 Å². The maximum absolute atomic E-state index is 11.5. The Morgan fingerprint density at radius 1 is 1.36 bits per heavy atom. The summed E-state index contributed by atoms with van der Waals surface area (Å²) in [5.74, 6) is 0.388. The molecule has 0 aromatic carbocycles. The van der Waals surface area contributed by atoms with E-state index in [1.807, 2.05) is 0 Å². The molecule has 80 valence electrons. The molecule has 0 radical (unpaired) electrons. The van der Waals surface area contributed by atoms with E-state index in [1.165, 1.54) is 0 Å². The zero-order valence-corrected chi connectivity index (χ0v) is 9.18. The van der Waals surface area contributed by atoms with Gasteiger partial charge in [0.25, 0.3) is 0 Å². The van der Waals surface area contributed by atoms with Gasteiger partial charge in [-0.15, -0.1) is 0 Å². The van der Waals surface area contributed by atoms with Gasteiger partial charge in [0.2, 0.25) is 0 Å². The fourth-order valence-corrected chi connectivity index (χ4v) is 3.37. The summed E-state index contributed by atoms with van der Waals surface area (Å²) in [7, 11) is 0. The van der Waals surface area contributed by atoms with Gasteiger partial charge in [0.05, 0.1) is 6.10 Å². The Morgan fingerprint density at radius 3 is 2.79 bits per heavy atom. The summed E-state index contributed by atoms with van der Waals surface area (Å²) < 4.78 is 0. The highest BCUT2D eigenvalue weighted by atomic mass is 16.3. The average Bonchev–Trinajstić information content (AvgIpc) is 2.10. The molecule has 0 bridgehead atoms. The Balaban J connectivity index is 2.31. The summed E-state index contributed by atoms with van der Waals surface area (Å²) in [4.78, 5) is 11.5. The van der Waals surface area contributed by atoms with Crippen LogP contribution >= 0.6 is 0 Å². The minimum Gasteiger partial charge on any atom is -0.393 e. The van der Waals surface area contributed by atoms with E-state index in [2.05, 4.69) is 13.8 Å². The van der Waals surface area contributed by atoms with Crippen molar-refractivity contribution in [3.05, 3.63) is 0 Å². The third kappa shape index (κ3) is 1.23. The number of fused-ring (bicyclic) bond motifs is 1. The van der Waals surface area contributed by atoms with E-state index in [0.29, 0.717) is 18.6 Å². The Labute approximate surface area is 85.7 Å². The normalized spacial score (nSPS) is 48.8. The van der Waals surface area contributed by atoms with Crippen LogP contribution in [0.3, 0.4) is 0 Å². The van der Waals surface area contributed by atoms with Crippen LogP contribution in [-0.4, -0.2) is 17.0 Å².